The molecular weight excluding hydrogens is 234 g/mol. The fourth-order valence-electron chi connectivity index (χ4n) is 1.75. The minimum Gasteiger partial charge on any atom is -0.493 e. The number of methoxy groups -OCH3 is 2. The van der Waals surface area contributed by atoms with Crippen molar-refractivity contribution >= 4 is 16.9 Å². The Kier molecular flexibility index (Phi) is 3.32. The molecule has 1 aromatic heterocycles. The first kappa shape index (κ1) is 12.2. The molecule has 1 heterocycles. The lowest BCUT2D eigenvalue weighted by Gasteiger charge is -2.09. The predicted molar refractivity (Wildman–Crippen MR) is 66.2 cm³/mol. The van der Waals surface area contributed by atoms with Crippen molar-refractivity contribution in [3.8, 4) is 11.5 Å². The molecule has 2 rings (SSSR count). The molecule has 0 amide bonds. The van der Waals surface area contributed by atoms with Crippen LogP contribution >= 0.6 is 0 Å². The zero-order chi connectivity index (χ0) is 13.1. The predicted octanol–water partition coefficient (Wildman–Crippen LogP) is 1.88. The molecule has 0 fully saturated rings. The van der Waals surface area contributed by atoms with Crippen LogP contribution in [0.3, 0.4) is 0 Å². The Bertz CT molecular complexity index is 595. The van der Waals surface area contributed by atoms with Gasteiger partial charge in [0.1, 0.15) is 0 Å². The number of pyridine rings is 1. The highest BCUT2D eigenvalue weighted by Gasteiger charge is 2.08. The quantitative estimate of drug-likeness (QED) is 0.893. The lowest BCUT2D eigenvalue weighted by atomic mass is 10.1. The number of hydrogen-bond donors (Lipinski definition) is 1. The van der Waals surface area contributed by atoms with E-state index in [1.165, 1.54) is 0 Å². The van der Waals surface area contributed by atoms with Crippen LogP contribution in [0.15, 0.2) is 24.3 Å². The number of benzene rings is 1. The molecule has 1 N–H and O–H groups in total. The third-order valence-corrected chi connectivity index (χ3v) is 2.58. The first-order valence-electron chi connectivity index (χ1n) is 5.37. The second-order valence-corrected chi connectivity index (χ2v) is 3.77. The van der Waals surface area contributed by atoms with Crippen LogP contribution in [0, 0.1) is 0 Å². The van der Waals surface area contributed by atoms with Crippen molar-refractivity contribution in [2.45, 2.75) is 6.42 Å². The van der Waals surface area contributed by atoms with Crippen LogP contribution in [-0.2, 0) is 11.2 Å². The smallest absolute Gasteiger partial charge is 0.309 e. The Balaban J connectivity index is 2.52. The molecule has 0 aliphatic rings. The van der Waals surface area contributed by atoms with Gasteiger partial charge in [-0.1, -0.05) is 6.07 Å². The van der Waals surface area contributed by atoms with Crippen molar-refractivity contribution in [3.05, 3.63) is 30.0 Å². The van der Waals surface area contributed by atoms with Crippen LogP contribution in [0.1, 0.15) is 5.69 Å². The summed E-state index contributed by atoms with van der Waals surface area (Å²) in [5.74, 6) is 0.296. The molecule has 5 nitrogen and oxygen atoms in total. The zero-order valence-electron chi connectivity index (χ0n) is 10.1. The summed E-state index contributed by atoms with van der Waals surface area (Å²) in [6.45, 7) is 0. The standard InChI is InChI=1S/C13H13NO4/c1-17-11-5-8-3-4-9(6-13(15)16)14-10(8)7-12(11)18-2/h3-5,7H,6H2,1-2H3,(H,15,16). The molecule has 0 aliphatic carbocycles. The van der Waals surface area contributed by atoms with Crippen molar-refractivity contribution in [3.63, 3.8) is 0 Å². The minimum absolute atomic E-state index is 0.0930. The lowest BCUT2D eigenvalue weighted by molar-refractivity contribution is -0.136. The fraction of sp³-hybridized carbons (Fsp3) is 0.231. The highest BCUT2D eigenvalue weighted by molar-refractivity contribution is 5.83. The Labute approximate surface area is 104 Å². The molecule has 5 heteroatoms. The Morgan fingerprint density at radius 2 is 1.89 bits per heavy atom. The van der Waals surface area contributed by atoms with E-state index in [1.54, 1.807) is 26.4 Å². The summed E-state index contributed by atoms with van der Waals surface area (Å²) in [7, 11) is 3.11. The maximum absolute atomic E-state index is 10.6. The third kappa shape index (κ3) is 2.34. The van der Waals surface area contributed by atoms with E-state index in [0.717, 1.165) is 5.39 Å². The monoisotopic (exact) mass is 247 g/mol. The van der Waals surface area contributed by atoms with Crippen molar-refractivity contribution in [2.75, 3.05) is 14.2 Å². The van der Waals surface area contributed by atoms with Crippen LogP contribution in [-0.4, -0.2) is 30.3 Å². The summed E-state index contributed by atoms with van der Waals surface area (Å²) >= 11 is 0. The van der Waals surface area contributed by atoms with Gasteiger partial charge in [-0.2, -0.15) is 0 Å². The summed E-state index contributed by atoms with van der Waals surface area (Å²) < 4.78 is 10.4. The van der Waals surface area contributed by atoms with Gasteiger partial charge in [-0.25, -0.2) is 0 Å². The molecule has 1 aromatic carbocycles. The van der Waals surface area contributed by atoms with Gasteiger partial charge in [-0.15, -0.1) is 0 Å². The molecular formula is C13H13NO4. The zero-order valence-corrected chi connectivity index (χ0v) is 10.1. The van der Waals surface area contributed by atoms with Gasteiger partial charge in [-0.3, -0.25) is 9.78 Å². The van der Waals surface area contributed by atoms with Gasteiger partial charge >= 0.3 is 5.97 Å². The molecule has 0 radical (unpaired) electrons. The van der Waals surface area contributed by atoms with Gasteiger partial charge in [0.2, 0.25) is 0 Å². The van der Waals surface area contributed by atoms with E-state index in [-0.39, 0.29) is 6.42 Å². The highest BCUT2D eigenvalue weighted by atomic mass is 16.5. The van der Waals surface area contributed by atoms with Crippen molar-refractivity contribution < 1.29 is 19.4 Å². The Morgan fingerprint density at radius 3 is 2.50 bits per heavy atom. The van der Waals surface area contributed by atoms with E-state index in [2.05, 4.69) is 4.98 Å². The number of carbonyl (C=O) groups is 1. The number of ether oxygens (including phenoxy) is 2. The number of aliphatic carboxylic acids is 1. The van der Waals surface area contributed by atoms with Crippen LogP contribution in [0.2, 0.25) is 0 Å². The average molecular weight is 247 g/mol. The molecule has 2 aromatic rings. The molecule has 0 bridgehead atoms. The number of fused-ring (bicyclic) bond motifs is 1. The van der Waals surface area contributed by atoms with Gasteiger partial charge in [0.25, 0.3) is 0 Å². The summed E-state index contributed by atoms with van der Waals surface area (Å²) in [5.41, 5.74) is 1.20. The van der Waals surface area contributed by atoms with E-state index in [1.807, 2.05) is 12.1 Å². The van der Waals surface area contributed by atoms with Gasteiger partial charge in [0.15, 0.2) is 11.5 Å². The van der Waals surface area contributed by atoms with E-state index in [9.17, 15) is 4.79 Å². The van der Waals surface area contributed by atoms with E-state index in [4.69, 9.17) is 14.6 Å². The van der Waals surface area contributed by atoms with E-state index < -0.39 is 5.97 Å². The van der Waals surface area contributed by atoms with Crippen molar-refractivity contribution in [2.24, 2.45) is 0 Å². The van der Waals surface area contributed by atoms with Crippen LogP contribution < -0.4 is 9.47 Å². The first-order valence-corrected chi connectivity index (χ1v) is 5.37. The van der Waals surface area contributed by atoms with Crippen molar-refractivity contribution in [1.82, 2.24) is 4.98 Å². The topological polar surface area (TPSA) is 68.7 Å². The molecule has 18 heavy (non-hydrogen) atoms. The number of hydrogen-bond acceptors (Lipinski definition) is 4. The largest absolute Gasteiger partial charge is 0.493 e. The maximum Gasteiger partial charge on any atom is 0.309 e. The fourth-order valence-corrected chi connectivity index (χ4v) is 1.75. The summed E-state index contributed by atoms with van der Waals surface area (Å²) in [6.07, 6.45) is -0.0930. The number of carboxylic acid groups (broad SMARTS) is 1. The normalized spacial score (nSPS) is 10.3. The van der Waals surface area contributed by atoms with Crippen LogP contribution in [0.5, 0.6) is 11.5 Å². The van der Waals surface area contributed by atoms with Crippen molar-refractivity contribution in [1.29, 1.82) is 0 Å². The minimum atomic E-state index is -0.901. The van der Waals surface area contributed by atoms with Crippen LogP contribution in [0.4, 0.5) is 0 Å². The number of rotatable bonds is 4. The number of carboxylic acids is 1. The van der Waals surface area contributed by atoms with Crippen LogP contribution in [0.25, 0.3) is 10.9 Å². The summed E-state index contributed by atoms with van der Waals surface area (Å²) in [6, 6.07) is 7.07. The molecule has 0 atom stereocenters. The molecule has 0 aliphatic heterocycles. The average Bonchev–Trinajstić information content (AvgIpc) is 2.36. The molecule has 94 valence electrons. The van der Waals surface area contributed by atoms with Gasteiger partial charge in [0, 0.05) is 11.5 Å². The number of nitrogens with zero attached hydrogens (tertiary/aromatic N) is 1. The highest BCUT2D eigenvalue weighted by Crippen LogP contribution is 2.31. The molecule has 0 saturated carbocycles. The second kappa shape index (κ2) is 4.91. The van der Waals surface area contributed by atoms with Gasteiger partial charge in [0.05, 0.1) is 31.9 Å². The van der Waals surface area contributed by atoms with E-state index in [0.29, 0.717) is 22.7 Å². The lowest BCUT2D eigenvalue weighted by Crippen LogP contribution is -2.02. The first-order chi connectivity index (χ1) is 8.63. The SMILES string of the molecule is COc1cc2ccc(CC(=O)O)nc2cc1OC. The third-order valence-electron chi connectivity index (χ3n) is 2.58. The summed E-state index contributed by atoms with van der Waals surface area (Å²) in [5, 5.41) is 9.61. The summed E-state index contributed by atoms with van der Waals surface area (Å²) in [4.78, 5) is 14.9. The Hall–Kier alpha value is -2.30. The van der Waals surface area contributed by atoms with Gasteiger partial charge < -0.3 is 14.6 Å². The maximum atomic E-state index is 10.6. The Morgan fingerprint density at radius 1 is 1.22 bits per heavy atom. The second-order valence-electron chi connectivity index (χ2n) is 3.77. The molecule has 0 saturated heterocycles. The molecule has 0 unspecified atom stereocenters. The molecule has 0 spiro atoms. The van der Waals surface area contributed by atoms with E-state index >= 15 is 0 Å². The van der Waals surface area contributed by atoms with Gasteiger partial charge in [-0.05, 0) is 12.1 Å². The number of aromatic nitrogens is 1.